The van der Waals surface area contributed by atoms with E-state index in [4.69, 9.17) is 0 Å². The van der Waals surface area contributed by atoms with E-state index in [2.05, 4.69) is 67.5 Å². The first-order valence-corrected chi connectivity index (χ1v) is 9.31. The van der Waals surface area contributed by atoms with Crippen LogP contribution < -0.4 is 5.32 Å². The molecule has 0 saturated heterocycles. The third kappa shape index (κ3) is 2.89. The van der Waals surface area contributed by atoms with Crippen molar-refractivity contribution in [3.05, 3.63) is 54.6 Å². The van der Waals surface area contributed by atoms with Crippen LogP contribution >= 0.6 is 43.2 Å². The molecule has 1 aliphatic rings. The smallest absolute Gasteiger partial charge is 0.0761 e. The van der Waals surface area contributed by atoms with Gasteiger partial charge in [0.2, 0.25) is 0 Å². The fourth-order valence-electron chi connectivity index (χ4n) is 2.79. The van der Waals surface area contributed by atoms with Crippen molar-refractivity contribution in [1.82, 2.24) is 5.32 Å². The Hall–Kier alpha value is -0.160. The van der Waals surface area contributed by atoms with Gasteiger partial charge in [-0.15, -0.1) is 11.3 Å². The van der Waals surface area contributed by atoms with Crippen LogP contribution in [-0.2, 0) is 0 Å². The highest BCUT2D eigenvalue weighted by Gasteiger charge is 2.22. The van der Waals surface area contributed by atoms with Gasteiger partial charge in [0.25, 0.3) is 0 Å². The molecule has 1 fully saturated rings. The lowest BCUT2D eigenvalue weighted by atomic mass is 9.79. The van der Waals surface area contributed by atoms with Crippen molar-refractivity contribution in [2.24, 2.45) is 0 Å². The molecule has 0 bridgehead atoms. The molecule has 1 aromatic heterocycles. The Balaban J connectivity index is 1.94. The largest absolute Gasteiger partial charge is 0.309 e. The minimum atomic E-state index is 0.243. The fraction of sp³-hybridized carbons (Fsp3) is 0.375. The molecule has 1 heterocycles. The summed E-state index contributed by atoms with van der Waals surface area (Å²) in [6, 6.07) is 11.5. The van der Waals surface area contributed by atoms with E-state index in [1.165, 1.54) is 39.7 Å². The van der Waals surface area contributed by atoms with Gasteiger partial charge in [0, 0.05) is 0 Å². The third-order valence-electron chi connectivity index (χ3n) is 4.10. The number of rotatable bonds is 4. The van der Waals surface area contributed by atoms with E-state index in [0.29, 0.717) is 0 Å². The summed E-state index contributed by atoms with van der Waals surface area (Å²) in [4.78, 5) is 0. The summed E-state index contributed by atoms with van der Waals surface area (Å²) in [5, 5.41) is 3.45. The summed E-state index contributed by atoms with van der Waals surface area (Å²) in [7, 11) is 2.03. The van der Waals surface area contributed by atoms with Gasteiger partial charge >= 0.3 is 0 Å². The molecule has 1 nitrogen and oxygen atoms in total. The van der Waals surface area contributed by atoms with Crippen LogP contribution in [0.1, 0.15) is 47.9 Å². The predicted octanol–water partition coefficient (Wildman–Crippen LogP) is 5.85. The number of thiophene rings is 1. The van der Waals surface area contributed by atoms with E-state index < -0.39 is 0 Å². The van der Waals surface area contributed by atoms with Gasteiger partial charge in [-0.3, -0.25) is 0 Å². The predicted molar refractivity (Wildman–Crippen MR) is 93.7 cm³/mol. The van der Waals surface area contributed by atoms with Gasteiger partial charge < -0.3 is 5.32 Å². The van der Waals surface area contributed by atoms with Gasteiger partial charge in [0.15, 0.2) is 0 Å². The Kier molecular flexibility index (Phi) is 4.65. The fourth-order valence-corrected chi connectivity index (χ4v) is 5.69. The zero-order chi connectivity index (χ0) is 14.1. The van der Waals surface area contributed by atoms with E-state index >= 15 is 0 Å². The minimum Gasteiger partial charge on any atom is -0.309 e. The van der Waals surface area contributed by atoms with Crippen LogP contribution in [0.4, 0.5) is 0 Å². The lowest BCUT2D eigenvalue weighted by Crippen LogP contribution is -2.18. The molecule has 0 amide bonds. The molecule has 1 N–H and O–H groups in total. The number of benzene rings is 1. The van der Waals surface area contributed by atoms with Crippen molar-refractivity contribution < 1.29 is 0 Å². The molecule has 106 valence electrons. The maximum absolute atomic E-state index is 3.68. The van der Waals surface area contributed by atoms with Crippen LogP contribution in [0.25, 0.3) is 0 Å². The molecular formula is C16H17Br2NS. The second-order valence-electron chi connectivity index (χ2n) is 5.30. The highest BCUT2D eigenvalue weighted by molar-refractivity contribution is 9.12. The first-order chi connectivity index (χ1) is 9.69. The molecule has 1 aromatic carbocycles. The normalized spacial score (nSPS) is 16.9. The Morgan fingerprint density at radius 3 is 2.60 bits per heavy atom. The zero-order valence-electron chi connectivity index (χ0n) is 11.3. The van der Waals surface area contributed by atoms with Crippen LogP contribution in [-0.4, -0.2) is 7.05 Å². The van der Waals surface area contributed by atoms with E-state index in [1.54, 1.807) is 11.3 Å². The van der Waals surface area contributed by atoms with Gasteiger partial charge in [0.1, 0.15) is 0 Å². The van der Waals surface area contributed by atoms with Crippen LogP contribution in [0.3, 0.4) is 0 Å². The molecule has 20 heavy (non-hydrogen) atoms. The summed E-state index contributed by atoms with van der Waals surface area (Å²) in [5.41, 5.74) is 4.15. The summed E-state index contributed by atoms with van der Waals surface area (Å²) in [6.45, 7) is 0. The topological polar surface area (TPSA) is 12.0 Å². The van der Waals surface area contributed by atoms with E-state index in [9.17, 15) is 0 Å². The standard InChI is InChI=1S/C16H17Br2NS/c1-19-15(13-9-14(17)20-16(13)18)12-7-3-6-11(8-12)10-4-2-5-10/h3,6-10,15,19H,2,4-5H2,1H3. The molecule has 2 aromatic rings. The molecule has 0 radical (unpaired) electrons. The van der Waals surface area contributed by atoms with Gasteiger partial charge in [-0.2, -0.15) is 0 Å². The molecule has 3 rings (SSSR count). The van der Waals surface area contributed by atoms with Crippen molar-refractivity contribution in [2.45, 2.75) is 31.2 Å². The molecule has 1 saturated carbocycles. The van der Waals surface area contributed by atoms with Crippen molar-refractivity contribution in [2.75, 3.05) is 7.05 Å². The van der Waals surface area contributed by atoms with E-state index in [-0.39, 0.29) is 6.04 Å². The Bertz CT molecular complexity index is 604. The van der Waals surface area contributed by atoms with E-state index in [1.807, 2.05) is 7.05 Å². The van der Waals surface area contributed by atoms with Crippen molar-refractivity contribution >= 4 is 43.2 Å². The molecule has 0 spiro atoms. The lowest BCUT2D eigenvalue weighted by Gasteiger charge is -2.27. The maximum atomic E-state index is 3.68. The number of nitrogens with one attached hydrogen (secondary N) is 1. The number of hydrogen-bond acceptors (Lipinski definition) is 2. The average Bonchev–Trinajstić information content (AvgIpc) is 2.68. The van der Waals surface area contributed by atoms with Crippen molar-refractivity contribution in [3.8, 4) is 0 Å². The SMILES string of the molecule is CNC(c1cccc(C2CCC2)c1)c1cc(Br)sc1Br. The van der Waals surface area contributed by atoms with E-state index in [0.717, 1.165) is 9.70 Å². The Morgan fingerprint density at radius 2 is 2.05 bits per heavy atom. The number of halogens is 2. The first kappa shape index (κ1) is 14.8. The second-order valence-corrected chi connectivity index (χ2v) is 9.05. The third-order valence-corrected chi connectivity index (χ3v) is 6.49. The lowest BCUT2D eigenvalue weighted by molar-refractivity contribution is 0.419. The quantitative estimate of drug-likeness (QED) is 0.661. The number of hydrogen-bond donors (Lipinski definition) is 1. The zero-order valence-corrected chi connectivity index (χ0v) is 15.3. The summed E-state index contributed by atoms with van der Waals surface area (Å²) in [6.07, 6.45) is 4.08. The second kappa shape index (κ2) is 6.30. The molecule has 4 heteroatoms. The van der Waals surface area contributed by atoms with Crippen molar-refractivity contribution in [1.29, 1.82) is 0 Å². The summed E-state index contributed by atoms with van der Waals surface area (Å²) < 4.78 is 2.35. The molecule has 0 aliphatic heterocycles. The van der Waals surface area contributed by atoms with Crippen LogP contribution in [0.2, 0.25) is 0 Å². The molecule has 1 unspecified atom stereocenters. The summed E-state index contributed by atoms with van der Waals surface area (Å²) >= 11 is 8.98. The van der Waals surface area contributed by atoms with Crippen molar-refractivity contribution in [3.63, 3.8) is 0 Å². The molecule has 1 aliphatic carbocycles. The maximum Gasteiger partial charge on any atom is 0.0761 e. The molecule has 1 atom stereocenters. The Labute approximate surface area is 141 Å². The first-order valence-electron chi connectivity index (χ1n) is 6.91. The van der Waals surface area contributed by atoms with Gasteiger partial charge in [-0.1, -0.05) is 30.7 Å². The van der Waals surface area contributed by atoms with Crippen LogP contribution in [0, 0.1) is 0 Å². The van der Waals surface area contributed by atoms with Gasteiger partial charge in [0.05, 0.1) is 13.6 Å². The Morgan fingerprint density at radius 1 is 1.25 bits per heavy atom. The highest BCUT2D eigenvalue weighted by atomic mass is 79.9. The highest BCUT2D eigenvalue weighted by Crippen LogP contribution is 2.40. The van der Waals surface area contributed by atoms with Gasteiger partial charge in [-0.05, 0) is 80.4 Å². The summed E-state index contributed by atoms with van der Waals surface area (Å²) in [5.74, 6) is 0.783. The molecular weight excluding hydrogens is 398 g/mol. The van der Waals surface area contributed by atoms with Gasteiger partial charge in [-0.25, -0.2) is 0 Å². The van der Waals surface area contributed by atoms with Crippen LogP contribution in [0.15, 0.2) is 37.9 Å². The monoisotopic (exact) mass is 413 g/mol. The average molecular weight is 415 g/mol. The minimum absolute atomic E-state index is 0.243. The van der Waals surface area contributed by atoms with Crippen LogP contribution in [0.5, 0.6) is 0 Å².